The molecule has 5 rings (SSSR count). The summed E-state index contributed by atoms with van der Waals surface area (Å²) in [5.74, 6) is 0.408. The number of hydrogen-bond acceptors (Lipinski definition) is 6. The van der Waals surface area contributed by atoms with Crippen LogP contribution in [-0.4, -0.2) is 49.6 Å². The molecule has 2 N–H and O–H groups in total. The molecular weight excluding hydrogens is 402 g/mol. The molecule has 7 nitrogen and oxygen atoms in total. The number of carbonyl (C=O) groups is 1. The molecule has 0 saturated carbocycles. The van der Waals surface area contributed by atoms with Crippen LogP contribution in [0.1, 0.15) is 36.8 Å². The van der Waals surface area contributed by atoms with E-state index in [0.717, 1.165) is 23.5 Å². The molecule has 7 heteroatoms. The normalized spacial score (nSPS) is 23.3. The van der Waals surface area contributed by atoms with Crippen molar-refractivity contribution in [1.29, 1.82) is 5.26 Å². The van der Waals surface area contributed by atoms with Gasteiger partial charge in [0.05, 0.1) is 23.9 Å². The number of nitriles is 1. The van der Waals surface area contributed by atoms with Crippen molar-refractivity contribution in [3.63, 3.8) is 0 Å². The summed E-state index contributed by atoms with van der Waals surface area (Å²) in [5.41, 5.74) is 4.50. The van der Waals surface area contributed by atoms with Crippen LogP contribution in [0, 0.1) is 11.3 Å². The molecule has 0 radical (unpaired) electrons. The van der Waals surface area contributed by atoms with Gasteiger partial charge in [0.25, 0.3) is 5.91 Å². The van der Waals surface area contributed by atoms with E-state index in [1.807, 2.05) is 20.2 Å². The lowest BCUT2D eigenvalue weighted by molar-refractivity contribution is -0.122. The number of nitrogens with zero attached hydrogens (tertiary/aromatic N) is 3. The zero-order valence-electron chi connectivity index (χ0n) is 18.6. The van der Waals surface area contributed by atoms with Gasteiger partial charge in [-0.1, -0.05) is 0 Å². The van der Waals surface area contributed by atoms with Crippen LogP contribution in [0.5, 0.6) is 5.75 Å². The molecule has 2 saturated heterocycles. The topological polar surface area (TPSA) is 80.6 Å². The molecule has 1 atom stereocenters. The zero-order valence-corrected chi connectivity index (χ0v) is 18.6. The summed E-state index contributed by atoms with van der Waals surface area (Å²) in [6.45, 7) is 1.10. The molecule has 1 unspecified atom stereocenters. The van der Waals surface area contributed by atoms with Crippen LogP contribution in [0.3, 0.4) is 0 Å². The monoisotopic (exact) mass is 431 g/mol. The Labute approximate surface area is 189 Å². The number of benzene rings is 2. The van der Waals surface area contributed by atoms with Gasteiger partial charge in [-0.3, -0.25) is 4.79 Å². The average Bonchev–Trinajstić information content (AvgIpc) is 3.39. The molecule has 2 aromatic rings. The molecule has 3 aliphatic heterocycles. The number of hydrogen-bond donors (Lipinski definition) is 2. The fourth-order valence-electron chi connectivity index (χ4n) is 5.27. The number of amides is 1. The van der Waals surface area contributed by atoms with Crippen LogP contribution in [0.2, 0.25) is 0 Å². The van der Waals surface area contributed by atoms with Crippen molar-refractivity contribution >= 4 is 23.0 Å². The van der Waals surface area contributed by atoms with Crippen LogP contribution in [0.15, 0.2) is 36.4 Å². The molecular formula is C25H29N5O2. The van der Waals surface area contributed by atoms with Crippen molar-refractivity contribution in [2.45, 2.75) is 50.4 Å². The largest absolute Gasteiger partial charge is 0.477 e. The van der Waals surface area contributed by atoms with E-state index in [1.54, 1.807) is 18.2 Å². The van der Waals surface area contributed by atoms with Crippen molar-refractivity contribution < 1.29 is 9.53 Å². The SMILES string of the molecule is CN(C)Cc1cc(N2C3CCC2CC3)ccc1NC(=O)C1CNc2cc(C#N)ccc2O1. The van der Waals surface area contributed by atoms with Crippen LogP contribution < -0.4 is 20.3 Å². The van der Waals surface area contributed by atoms with Crippen molar-refractivity contribution in [1.82, 2.24) is 4.90 Å². The van der Waals surface area contributed by atoms with Crippen molar-refractivity contribution in [3.05, 3.63) is 47.5 Å². The number of fused-ring (bicyclic) bond motifs is 3. The summed E-state index contributed by atoms with van der Waals surface area (Å²) < 4.78 is 5.93. The van der Waals surface area contributed by atoms with E-state index < -0.39 is 6.10 Å². The van der Waals surface area contributed by atoms with Gasteiger partial charge in [-0.25, -0.2) is 0 Å². The molecule has 0 aromatic heterocycles. The minimum atomic E-state index is -0.642. The van der Waals surface area contributed by atoms with E-state index in [-0.39, 0.29) is 5.91 Å². The highest BCUT2D eigenvalue weighted by molar-refractivity contribution is 5.96. The van der Waals surface area contributed by atoms with Gasteiger partial charge in [0.15, 0.2) is 6.10 Å². The third-order valence-electron chi connectivity index (χ3n) is 6.73. The van der Waals surface area contributed by atoms with Crippen molar-refractivity contribution in [3.8, 4) is 11.8 Å². The highest BCUT2D eigenvalue weighted by Crippen LogP contribution is 2.42. The Balaban J connectivity index is 1.34. The van der Waals surface area contributed by atoms with E-state index in [0.29, 0.717) is 29.9 Å². The smallest absolute Gasteiger partial charge is 0.267 e. The third-order valence-corrected chi connectivity index (χ3v) is 6.73. The number of anilines is 3. The summed E-state index contributed by atoms with van der Waals surface area (Å²) in [6, 6.07) is 15.0. The van der Waals surface area contributed by atoms with Gasteiger partial charge in [-0.05, 0) is 81.7 Å². The predicted molar refractivity (Wildman–Crippen MR) is 125 cm³/mol. The first-order valence-electron chi connectivity index (χ1n) is 11.3. The first-order chi connectivity index (χ1) is 15.5. The number of ether oxygens (including phenoxy) is 1. The van der Waals surface area contributed by atoms with Crippen LogP contribution >= 0.6 is 0 Å². The number of rotatable bonds is 5. The summed E-state index contributed by atoms with van der Waals surface area (Å²) >= 11 is 0. The Bertz CT molecular complexity index is 1060. The minimum absolute atomic E-state index is 0.179. The van der Waals surface area contributed by atoms with E-state index >= 15 is 0 Å². The molecule has 3 aliphatic rings. The van der Waals surface area contributed by atoms with Crippen LogP contribution in [0.4, 0.5) is 17.1 Å². The van der Waals surface area contributed by atoms with E-state index in [1.165, 1.54) is 31.4 Å². The lowest BCUT2D eigenvalue weighted by Gasteiger charge is -2.28. The summed E-state index contributed by atoms with van der Waals surface area (Å²) in [7, 11) is 4.08. The summed E-state index contributed by atoms with van der Waals surface area (Å²) in [4.78, 5) is 17.7. The Morgan fingerprint density at radius 2 is 1.94 bits per heavy atom. The predicted octanol–water partition coefficient (Wildman–Crippen LogP) is 3.56. The van der Waals surface area contributed by atoms with E-state index in [9.17, 15) is 4.79 Å². The fourth-order valence-corrected chi connectivity index (χ4v) is 5.27. The highest BCUT2D eigenvalue weighted by atomic mass is 16.5. The molecule has 2 aromatic carbocycles. The van der Waals surface area contributed by atoms with Gasteiger partial charge in [-0.2, -0.15) is 5.26 Å². The Hall–Kier alpha value is -3.24. The first kappa shape index (κ1) is 20.7. The highest BCUT2D eigenvalue weighted by Gasteiger charge is 2.39. The Morgan fingerprint density at radius 3 is 2.62 bits per heavy atom. The second kappa shape index (κ2) is 8.36. The average molecular weight is 432 g/mol. The van der Waals surface area contributed by atoms with E-state index in [4.69, 9.17) is 10.00 Å². The third kappa shape index (κ3) is 3.87. The maximum atomic E-state index is 13.0. The number of carbonyl (C=O) groups excluding carboxylic acids is 1. The molecule has 2 fully saturated rings. The molecule has 0 spiro atoms. The fraction of sp³-hybridized carbons (Fsp3) is 0.440. The molecule has 3 heterocycles. The van der Waals surface area contributed by atoms with Crippen molar-refractivity contribution in [2.75, 3.05) is 36.2 Å². The Morgan fingerprint density at radius 1 is 1.19 bits per heavy atom. The van der Waals surface area contributed by atoms with Gasteiger partial charge in [0.1, 0.15) is 5.75 Å². The maximum absolute atomic E-state index is 13.0. The summed E-state index contributed by atoms with van der Waals surface area (Å²) in [6.07, 6.45) is 4.51. The first-order valence-corrected chi connectivity index (χ1v) is 11.3. The lowest BCUT2D eigenvalue weighted by atomic mass is 10.0. The second-order valence-corrected chi connectivity index (χ2v) is 9.25. The second-order valence-electron chi connectivity index (χ2n) is 9.25. The minimum Gasteiger partial charge on any atom is -0.477 e. The lowest BCUT2D eigenvalue weighted by Crippen LogP contribution is -2.41. The molecule has 32 heavy (non-hydrogen) atoms. The molecule has 2 bridgehead atoms. The van der Waals surface area contributed by atoms with Gasteiger partial charge in [0, 0.05) is 30.0 Å². The summed E-state index contributed by atoms with van der Waals surface area (Å²) in [5, 5.41) is 15.4. The van der Waals surface area contributed by atoms with Crippen LogP contribution in [0.25, 0.3) is 0 Å². The molecule has 0 aliphatic carbocycles. The van der Waals surface area contributed by atoms with Crippen molar-refractivity contribution in [2.24, 2.45) is 0 Å². The van der Waals surface area contributed by atoms with Gasteiger partial charge >= 0.3 is 0 Å². The van der Waals surface area contributed by atoms with Gasteiger partial charge < -0.3 is 25.2 Å². The number of nitrogens with one attached hydrogen (secondary N) is 2. The zero-order chi connectivity index (χ0) is 22.2. The van der Waals surface area contributed by atoms with Gasteiger partial charge in [0.2, 0.25) is 0 Å². The van der Waals surface area contributed by atoms with E-state index in [2.05, 4.69) is 38.6 Å². The van der Waals surface area contributed by atoms with Gasteiger partial charge in [-0.15, -0.1) is 0 Å². The Kier molecular flexibility index (Phi) is 5.40. The quantitative estimate of drug-likeness (QED) is 0.754. The molecule has 1 amide bonds. The standard InChI is InChI=1S/C25H29N5O2/c1-29(2)15-17-12-20(30-18-4-5-19(30)7-6-18)8-9-21(17)28-25(31)24-14-27-22-11-16(13-26)3-10-23(22)32-24/h3,8-12,18-19,24,27H,4-7,14-15H2,1-2H3,(H,28,31). The molecule has 166 valence electrons. The maximum Gasteiger partial charge on any atom is 0.267 e. The van der Waals surface area contributed by atoms with Crippen LogP contribution in [-0.2, 0) is 11.3 Å².